The Labute approximate surface area is 224 Å². The number of aryl methyl sites for hydroxylation is 1. The van der Waals surface area contributed by atoms with E-state index in [2.05, 4.69) is 10.5 Å². The molecular formula is C30H24N4O3S. The number of nitro benzene ring substituents is 1. The second kappa shape index (κ2) is 11.5. The van der Waals surface area contributed by atoms with E-state index in [4.69, 9.17) is 9.72 Å². The summed E-state index contributed by atoms with van der Waals surface area (Å²) in [5.41, 5.74) is 8.76. The predicted octanol–water partition coefficient (Wildman–Crippen LogP) is 7.72. The van der Waals surface area contributed by atoms with Crippen LogP contribution in [0.5, 0.6) is 5.75 Å². The number of rotatable bonds is 9. The summed E-state index contributed by atoms with van der Waals surface area (Å²) in [6, 6.07) is 32.3. The molecule has 0 spiro atoms. The standard InChI is InChI=1S/C30H24N4O3S/c1-21-11-13-23(14-12-21)28-29(24-15-17-26(18-16-24)34(35)36)38-30(32-28)33-31-19-25-9-5-6-10-27(25)37-20-22-7-3-2-4-8-22/h2-19H,20H2,1H3,(H,32,33)/b31-19-. The smallest absolute Gasteiger partial charge is 0.269 e. The Balaban J connectivity index is 1.39. The number of benzene rings is 4. The number of ether oxygens (including phenoxy) is 1. The van der Waals surface area contributed by atoms with Crippen LogP contribution in [-0.4, -0.2) is 16.1 Å². The minimum atomic E-state index is -0.402. The maximum atomic E-state index is 11.1. The minimum Gasteiger partial charge on any atom is -0.488 e. The van der Waals surface area contributed by atoms with Gasteiger partial charge in [0.25, 0.3) is 5.69 Å². The number of anilines is 1. The number of nitrogens with one attached hydrogen (secondary N) is 1. The van der Waals surface area contributed by atoms with Crippen LogP contribution in [0.25, 0.3) is 21.7 Å². The van der Waals surface area contributed by atoms with Crippen molar-refractivity contribution < 1.29 is 9.66 Å². The zero-order chi connectivity index (χ0) is 26.3. The molecule has 0 saturated heterocycles. The largest absolute Gasteiger partial charge is 0.488 e. The highest BCUT2D eigenvalue weighted by atomic mass is 32.1. The molecule has 5 aromatic rings. The van der Waals surface area contributed by atoms with Crippen LogP contribution in [0.1, 0.15) is 16.7 Å². The van der Waals surface area contributed by atoms with Crippen LogP contribution in [-0.2, 0) is 6.61 Å². The third kappa shape index (κ3) is 5.93. The Kier molecular flexibility index (Phi) is 7.52. The molecule has 5 rings (SSSR count). The molecule has 7 nitrogen and oxygen atoms in total. The molecule has 4 aromatic carbocycles. The molecule has 0 aliphatic carbocycles. The summed E-state index contributed by atoms with van der Waals surface area (Å²) < 4.78 is 6.02. The van der Waals surface area contributed by atoms with E-state index >= 15 is 0 Å². The van der Waals surface area contributed by atoms with Crippen molar-refractivity contribution in [2.45, 2.75) is 13.5 Å². The summed E-state index contributed by atoms with van der Waals surface area (Å²) >= 11 is 1.44. The van der Waals surface area contributed by atoms with Gasteiger partial charge in [0.1, 0.15) is 12.4 Å². The number of non-ortho nitro benzene ring substituents is 1. The molecule has 1 heterocycles. The van der Waals surface area contributed by atoms with Crippen molar-refractivity contribution in [1.29, 1.82) is 0 Å². The summed E-state index contributed by atoms with van der Waals surface area (Å²) in [5.74, 6) is 0.730. The zero-order valence-corrected chi connectivity index (χ0v) is 21.4. The van der Waals surface area contributed by atoms with Crippen molar-refractivity contribution >= 4 is 28.4 Å². The van der Waals surface area contributed by atoms with Crippen LogP contribution in [0, 0.1) is 17.0 Å². The summed E-state index contributed by atoms with van der Waals surface area (Å²) in [7, 11) is 0. The Morgan fingerprint density at radius 1 is 0.921 bits per heavy atom. The van der Waals surface area contributed by atoms with Crippen molar-refractivity contribution in [3.05, 3.63) is 130 Å². The van der Waals surface area contributed by atoms with Gasteiger partial charge in [-0.25, -0.2) is 4.98 Å². The number of para-hydroxylation sites is 1. The van der Waals surface area contributed by atoms with Crippen molar-refractivity contribution in [3.8, 4) is 27.4 Å². The maximum absolute atomic E-state index is 11.1. The molecule has 0 saturated carbocycles. The van der Waals surface area contributed by atoms with Gasteiger partial charge in [-0.1, -0.05) is 83.6 Å². The van der Waals surface area contributed by atoms with E-state index in [9.17, 15) is 10.1 Å². The molecule has 188 valence electrons. The van der Waals surface area contributed by atoms with Crippen LogP contribution in [0.15, 0.2) is 108 Å². The average molecular weight is 521 g/mol. The fourth-order valence-electron chi connectivity index (χ4n) is 3.82. The Morgan fingerprint density at radius 2 is 1.61 bits per heavy atom. The molecule has 8 heteroatoms. The fraction of sp³-hybridized carbons (Fsp3) is 0.0667. The molecule has 0 atom stereocenters. The minimum absolute atomic E-state index is 0.0475. The molecule has 0 aliphatic heterocycles. The first-order valence-electron chi connectivity index (χ1n) is 11.9. The molecule has 0 aliphatic rings. The van der Waals surface area contributed by atoms with E-state index in [0.717, 1.165) is 44.1 Å². The summed E-state index contributed by atoms with van der Waals surface area (Å²) in [6.07, 6.45) is 1.71. The van der Waals surface area contributed by atoms with Gasteiger partial charge in [0.05, 0.1) is 21.7 Å². The van der Waals surface area contributed by atoms with Gasteiger partial charge in [-0.3, -0.25) is 15.5 Å². The number of thiazole rings is 1. The second-order valence-electron chi connectivity index (χ2n) is 8.55. The maximum Gasteiger partial charge on any atom is 0.269 e. The third-order valence-electron chi connectivity index (χ3n) is 5.81. The van der Waals surface area contributed by atoms with E-state index < -0.39 is 4.92 Å². The molecule has 0 amide bonds. The van der Waals surface area contributed by atoms with Gasteiger partial charge in [-0.15, -0.1) is 0 Å². The SMILES string of the molecule is Cc1ccc(-c2nc(N/N=C\c3ccccc3OCc3ccccc3)sc2-c2ccc([N+](=O)[O-])cc2)cc1. The second-order valence-corrected chi connectivity index (χ2v) is 9.55. The lowest BCUT2D eigenvalue weighted by molar-refractivity contribution is -0.384. The van der Waals surface area contributed by atoms with E-state index in [1.807, 2.05) is 85.8 Å². The molecule has 1 N–H and O–H groups in total. The van der Waals surface area contributed by atoms with Crippen molar-refractivity contribution in [1.82, 2.24) is 4.98 Å². The molecule has 0 bridgehead atoms. The number of nitrogens with zero attached hydrogens (tertiary/aromatic N) is 3. The van der Waals surface area contributed by atoms with E-state index in [-0.39, 0.29) is 5.69 Å². The highest BCUT2D eigenvalue weighted by molar-refractivity contribution is 7.19. The number of hydrazone groups is 1. The van der Waals surface area contributed by atoms with Gasteiger partial charge in [-0.2, -0.15) is 5.10 Å². The molecule has 0 unspecified atom stereocenters. The summed E-state index contributed by atoms with van der Waals surface area (Å²) in [6.45, 7) is 2.50. The Bertz CT molecular complexity index is 1560. The van der Waals surface area contributed by atoms with Crippen molar-refractivity contribution in [3.63, 3.8) is 0 Å². The fourth-order valence-corrected chi connectivity index (χ4v) is 4.76. The Morgan fingerprint density at radius 3 is 2.34 bits per heavy atom. The van der Waals surface area contributed by atoms with Crippen LogP contribution in [0.3, 0.4) is 0 Å². The number of hydrogen-bond acceptors (Lipinski definition) is 7. The molecular weight excluding hydrogens is 496 g/mol. The highest BCUT2D eigenvalue weighted by Gasteiger charge is 2.16. The predicted molar refractivity (Wildman–Crippen MR) is 153 cm³/mol. The lowest BCUT2D eigenvalue weighted by atomic mass is 10.1. The highest BCUT2D eigenvalue weighted by Crippen LogP contribution is 2.39. The Hall–Kier alpha value is -4.82. The first kappa shape index (κ1) is 24.9. The molecule has 0 fully saturated rings. The molecule has 38 heavy (non-hydrogen) atoms. The number of aromatic nitrogens is 1. The quantitative estimate of drug-likeness (QED) is 0.122. The van der Waals surface area contributed by atoms with E-state index in [1.54, 1.807) is 18.3 Å². The van der Waals surface area contributed by atoms with Crippen LogP contribution < -0.4 is 10.2 Å². The van der Waals surface area contributed by atoms with Crippen molar-refractivity contribution in [2.75, 3.05) is 5.43 Å². The lowest BCUT2D eigenvalue weighted by Crippen LogP contribution is -1.99. The third-order valence-corrected chi connectivity index (χ3v) is 6.82. The van der Waals surface area contributed by atoms with Gasteiger partial charge in [0, 0.05) is 23.3 Å². The topological polar surface area (TPSA) is 89.7 Å². The van der Waals surface area contributed by atoms with Gasteiger partial charge in [0.15, 0.2) is 0 Å². The lowest BCUT2D eigenvalue weighted by Gasteiger charge is -2.08. The van der Waals surface area contributed by atoms with Crippen LogP contribution in [0.2, 0.25) is 0 Å². The van der Waals surface area contributed by atoms with Crippen LogP contribution >= 0.6 is 11.3 Å². The van der Waals surface area contributed by atoms with Gasteiger partial charge in [-0.05, 0) is 42.3 Å². The van der Waals surface area contributed by atoms with Gasteiger partial charge >= 0.3 is 0 Å². The average Bonchev–Trinajstić information content (AvgIpc) is 3.37. The summed E-state index contributed by atoms with van der Waals surface area (Å²) in [5, 5.41) is 16.1. The number of nitro groups is 1. The summed E-state index contributed by atoms with van der Waals surface area (Å²) in [4.78, 5) is 16.4. The van der Waals surface area contributed by atoms with Gasteiger partial charge < -0.3 is 4.74 Å². The van der Waals surface area contributed by atoms with Crippen LogP contribution in [0.4, 0.5) is 10.8 Å². The zero-order valence-electron chi connectivity index (χ0n) is 20.6. The van der Waals surface area contributed by atoms with E-state index in [1.165, 1.54) is 23.5 Å². The molecule has 1 aromatic heterocycles. The van der Waals surface area contributed by atoms with E-state index in [0.29, 0.717) is 11.7 Å². The van der Waals surface area contributed by atoms with Gasteiger partial charge in [0.2, 0.25) is 5.13 Å². The van der Waals surface area contributed by atoms with Crippen molar-refractivity contribution in [2.24, 2.45) is 5.10 Å². The first-order valence-corrected chi connectivity index (χ1v) is 12.8. The normalized spacial score (nSPS) is 11.0. The monoisotopic (exact) mass is 520 g/mol. The number of hydrogen-bond donors (Lipinski definition) is 1. The molecule has 0 radical (unpaired) electrons. The first-order chi connectivity index (χ1) is 18.6.